The largest absolute Gasteiger partial charge is 0.507 e. The molecule has 5 heteroatoms. The number of nitrogens with zero attached hydrogens (tertiary/aromatic N) is 2. The van der Waals surface area contributed by atoms with E-state index in [0.717, 1.165) is 12.5 Å². The molecule has 0 spiro atoms. The van der Waals surface area contributed by atoms with Crippen molar-refractivity contribution in [2.24, 2.45) is 5.92 Å². The Morgan fingerprint density at radius 1 is 1.41 bits per heavy atom. The van der Waals surface area contributed by atoms with Crippen LogP contribution in [0.25, 0.3) is 11.5 Å². The van der Waals surface area contributed by atoms with Gasteiger partial charge in [0.05, 0.1) is 5.56 Å². The lowest BCUT2D eigenvalue weighted by Gasteiger charge is -1.98. The SMILES string of the molecule is Oc1cc(F)ccc1-c1nc(CC2CC2)no1. The number of benzene rings is 1. The topological polar surface area (TPSA) is 59.2 Å². The predicted octanol–water partition coefficient (Wildman–Crippen LogP) is 2.53. The summed E-state index contributed by atoms with van der Waals surface area (Å²) in [6.45, 7) is 0. The van der Waals surface area contributed by atoms with Gasteiger partial charge in [-0.1, -0.05) is 5.16 Å². The molecule has 0 amide bonds. The fourth-order valence-electron chi connectivity index (χ4n) is 1.71. The Kier molecular flexibility index (Phi) is 2.31. The molecule has 1 aromatic heterocycles. The van der Waals surface area contributed by atoms with Crippen LogP contribution in [0.15, 0.2) is 22.7 Å². The summed E-state index contributed by atoms with van der Waals surface area (Å²) < 4.78 is 17.9. The number of hydrogen-bond acceptors (Lipinski definition) is 4. The van der Waals surface area contributed by atoms with E-state index in [2.05, 4.69) is 10.1 Å². The summed E-state index contributed by atoms with van der Waals surface area (Å²) in [5.74, 6) is 0.863. The highest BCUT2D eigenvalue weighted by molar-refractivity contribution is 5.61. The van der Waals surface area contributed by atoms with Crippen molar-refractivity contribution in [3.8, 4) is 17.2 Å². The molecular formula is C12H11FN2O2. The van der Waals surface area contributed by atoms with Crippen LogP contribution >= 0.6 is 0 Å². The molecule has 1 aliphatic carbocycles. The van der Waals surface area contributed by atoms with Crippen molar-refractivity contribution < 1.29 is 14.0 Å². The molecule has 1 N–H and O–H groups in total. The highest BCUT2D eigenvalue weighted by atomic mass is 19.1. The van der Waals surface area contributed by atoms with Crippen molar-refractivity contribution in [2.75, 3.05) is 0 Å². The number of aromatic hydroxyl groups is 1. The van der Waals surface area contributed by atoms with Crippen LogP contribution in [0, 0.1) is 11.7 Å². The minimum atomic E-state index is -0.496. The van der Waals surface area contributed by atoms with Crippen molar-refractivity contribution in [1.29, 1.82) is 0 Å². The number of phenolic OH excluding ortho intramolecular Hbond substituents is 1. The van der Waals surface area contributed by atoms with E-state index in [4.69, 9.17) is 4.52 Å². The molecule has 1 aliphatic rings. The number of phenols is 1. The van der Waals surface area contributed by atoms with Crippen LogP contribution in [-0.2, 0) is 6.42 Å². The summed E-state index contributed by atoms with van der Waals surface area (Å²) in [5.41, 5.74) is 0.362. The van der Waals surface area contributed by atoms with Crippen LogP contribution in [0.2, 0.25) is 0 Å². The number of hydrogen-bond donors (Lipinski definition) is 1. The third-order valence-electron chi connectivity index (χ3n) is 2.83. The second kappa shape index (κ2) is 3.84. The second-order valence-corrected chi connectivity index (χ2v) is 4.32. The van der Waals surface area contributed by atoms with Crippen LogP contribution < -0.4 is 0 Å². The molecule has 0 saturated heterocycles. The monoisotopic (exact) mass is 234 g/mol. The van der Waals surface area contributed by atoms with Crippen LogP contribution in [0.4, 0.5) is 4.39 Å². The summed E-state index contributed by atoms with van der Waals surface area (Å²) in [6, 6.07) is 3.71. The van der Waals surface area contributed by atoms with Crippen molar-refractivity contribution in [1.82, 2.24) is 10.1 Å². The smallest absolute Gasteiger partial charge is 0.261 e. The normalized spacial score (nSPS) is 15.1. The second-order valence-electron chi connectivity index (χ2n) is 4.32. The average Bonchev–Trinajstić information content (AvgIpc) is 2.96. The van der Waals surface area contributed by atoms with Crippen molar-refractivity contribution >= 4 is 0 Å². The van der Waals surface area contributed by atoms with Crippen LogP contribution in [-0.4, -0.2) is 15.2 Å². The molecule has 88 valence electrons. The predicted molar refractivity (Wildman–Crippen MR) is 57.8 cm³/mol. The molecule has 17 heavy (non-hydrogen) atoms. The minimum absolute atomic E-state index is 0.188. The number of halogens is 1. The van der Waals surface area contributed by atoms with Gasteiger partial charge in [0.25, 0.3) is 5.89 Å². The molecule has 4 nitrogen and oxygen atoms in total. The van der Waals surface area contributed by atoms with Gasteiger partial charge in [-0.25, -0.2) is 4.39 Å². The van der Waals surface area contributed by atoms with Gasteiger partial charge in [0.2, 0.25) is 0 Å². The first-order valence-corrected chi connectivity index (χ1v) is 5.54. The third-order valence-corrected chi connectivity index (χ3v) is 2.83. The molecule has 1 saturated carbocycles. The zero-order valence-electron chi connectivity index (χ0n) is 9.06. The summed E-state index contributed by atoms with van der Waals surface area (Å²) in [5, 5.41) is 13.4. The van der Waals surface area contributed by atoms with Gasteiger partial charge in [-0.15, -0.1) is 0 Å². The van der Waals surface area contributed by atoms with Gasteiger partial charge in [0.15, 0.2) is 5.82 Å². The molecule has 0 atom stereocenters. The highest BCUT2D eigenvalue weighted by Gasteiger charge is 2.24. The van der Waals surface area contributed by atoms with E-state index in [1.54, 1.807) is 0 Å². The zero-order chi connectivity index (χ0) is 11.8. The minimum Gasteiger partial charge on any atom is -0.507 e. The fourth-order valence-corrected chi connectivity index (χ4v) is 1.71. The third kappa shape index (κ3) is 2.13. The average molecular weight is 234 g/mol. The van der Waals surface area contributed by atoms with Gasteiger partial charge < -0.3 is 9.63 Å². The van der Waals surface area contributed by atoms with E-state index in [0.29, 0.717) is 17.3 Å². The molecule has 2 aromatic rings. The van der Waals surface area contributed by atoms with Gasteiger partial charge in [-0.05, 0) is 30.9 Å². The first kappa shape index (κ1) is 10.3. The maximum atomic E-state index is 12.8. The Morgan fingerprint density at radius 2 is 2.24 bits per heavy atom. The van der Waals surface area contributed by atoms with E-state index in [1.807, 2.05) is 0 Å². The van der Waals surface area contributed by atoms with Crippen molar-refractivity contribution in [3.05, 3.63) is 29.8 Å². The fraction of sp³-hybridized carbons (Fsp3) is 0.333. The maximum absolute atomic E-state index is 12.8. The molecule has 0 aliphatic heterocycles. The zero-order valence-corrected chi connectivity index (χ0v) is 9.06. The van der Waals surface area contributed by atoms with E-state index in [9.17, 15) is 9.50 Å². The van der Waals surface area contributed by atoms with Crippen LogP contribution in [0.1, 0.15) is 18.7 Å². The molecular weight excluding hydrogens is 223 g/mol. The highest BCUT2D eigenvalue weighted by Crippen LogP contribution is 2.33. The molecule has 3 rings (SSSR count). The molecule has 1 fully saturated rings. The summed E-state index contributed by atoms with van der Waals surface area (Å²) in [6.07, 6.45) is 3.24. The molecule has 0 radical (unpaired) electrons. The van der Waals surface area contributed by atoms with Gasteiger partial charge >= 0.3 is 0 Å². The quantitative estimate of drug-likeness (QED) is 0.886. The molecule has 1 heterocycles. The number of aromatic nitrogens is 2. The van der Waals surface area contributed by atoms with Crippen LogP contribution in [0.3, 0.4) is 0 Å². The van der Waals surface area contributed by atoms with E-state index >= 15 is 0 Å². The Balaban J connectivity index is 1.89. The summed E-state index contributed by atoms with van der Waals surface area (Å²) in [4.78, 5) is 4.19. The van der Waals surface area contributed by atoms with E-state index < -0.39 is 5.82 Å². The van der Waals surface area contributed by atoms with Gasteiger partial charge in [0, 0.05) is 12.5 Å². The Labute approximate surface area is 97.1 Å². The lowest BCUT2D eigenvalue weighted by molar-refractivity contribution is 0.415. The lowest BCUT2D eigenvalue weighted by Crippen LogP contribution is -1.89. The Hall–Kier alpha value is -1.91. The van der Waals surface area contributed by atoms with E-state index in [1.165, 1.54) is 25.0 Å². The standard InChI is InChI=1S/C12H11FN2O2/c13-8-3-4-9(10(16)6-8)12-14-11(15-17-12)5-7-1-2-7/h3-4,6-7,16H,1-2,5H2. The van der Waals surface area contributed by atoms with Crippen LogP contribution in [0.5, 0.6) is 5.75 Å². The summed E-state index contributed by atoms with van der Waals surface area (Å²) >= 11 is 0. The molecule has 0 unspecified atom stereocenters. The number of rotatable bonds is 3. The molecule has 0 bridgehead atoms. The molecule has 1 aromatic carbocycles. The van der Waals surface area contributed by atoms with Crippen molar-refractivity contribution in [2.45, 2.75) is 19.3 Å². The first-order chi connectivity index (χ1) is 8.22. The van der Waals surface area contributed by atoms with E-state index in [-0.39, 0.29) is 11.6 Å². The Bertz CT molecular complexity index is 549. The maximum Gasteiger partial charge on any atom is 0.261 e. The van der Waals surface area contributed by atoms with Gasteiger partial charge in [-0.3, -0.25) is 0 Å². The first-order valence-electron chi connectivity index (χ1n) is 5.54. The Morgan fingerprint density at radius 3 is 2.94 bits per heavy atom. The summed E-state index contributed by atoms with van der Waals surface area (Å²) in [7, 11) is 0. The van der Waals surface area contributed by atoms with Gasteiger partial charge in [-0.2, -0.15) is 4.98 Å². The van der Waals surface area contributed by atoms with Gasteiger partial charge in [0.1, 0.15) is 11.6 Å². The lowest BCUT2D eigenvalue weighted by atomic mass is 10.2. The van der Waals surface area contributed by atoms with Crippen molar-refractivity contribution in [3.63, 3.8) is 0 Å².